The highest BCUT2D eigenvalue weighted by Gasteiger charge is 2.08. The summed E-state index contributed by atoms with van der Waals surface area (Å²) >= 11 is 3.25. The summed E-state index contributed by atoms with van der Waals surface area (Å²) in [4.78, 5) is 24.9. The van der Waals surface area contributed by atoms with Crippen LogP contribution in [0.25, 0.3) is 5.53 Å². The van der Waals surface area contributed by atoms with Gasteiger partial charge in [-0.25, -0.2) is 0 Å². The molecule has 0 fully saturated rings. The first kappa shape index (κ1) is 12.3. The molecule has 16 heavy (non-hydrogen) atoms. The Bertz CT molecular complexity index is 450. The van der Waals surface area contributed by atoms with E-state index < -0.39 is 5.78 Å². The molecule has 0 aliphatic heterocycles. The van der Waals surface area contributed by atoms with Crippen LogP contribution >= 0.6 is 15.9 Å². The van der Waals surface area contributed by atoms with Crippen molar-refractivity contribution in [3.8, 4) is 0 Å². The molecule has 0 aliphatic carbocycles. The number of hydrogen-bond acceptors (Lipinski definition) is 2. The lowest BCUT2D eigenvalue weighted by Gasteiger charge is -2.01. The zero-order valence-corrected chi connectivity index (χ0v) is 9.77. The lowest BCUT2D eigenvalue weighted by molar-refractivity contribution is -0.115. The maximum atomic E-state index is 11.5. The number of rotatable bonds is 4. The van der Waals surface area contributed by atoms with E-state index in [0.717, 1.165) is 10.7 Å². The van der Waals surface area contributed by atoms with Crippen LogP contribution in [-0.2, 0) is 4.79 Å². The molecule has 1 N–H and O–H groups in total. The van der Waals surface area contributed by atoms with E-state index in [1.54, 1.807) is 24.3 Å². The van der Waals surface area contributed by atoms with E-state index in [1.807, 2.05) is 0 Å². The summed E-state index contributed by atoms with van der Waals surface area (Å²) in [5.41, 5.74) is 8.54. The number of amides is 1. The van der Waals surface area contributed by atoms with Crippen molar-refractivity contribution in [1.29, 1.82) is 0 Å². The first-order chi connectivity index (χ1) is 7.63. The number of nitrogens with zero attached hydrogens (tertiary/aromatic N) is 2. The molecule has 0 spiro atoms. The van der Waals surface area contributed by atoms with Crippen LogP contribution in [0.2, 0.25) is 0 Å². The van der Waals surface area contributed by atoms with Gasteiger partial charge in [-0.3, -0.25) is 9.59 Å². The molecule has 82 valence electrons. The van der Waals surface area contributed by atoms with E-state index in [0.29, 0.717) is 5.56 Å². The van der Waals surface area contributed by atoms with Gasteiger partial charge >= 0.3 is 6.21 Å². The van der Waals surface area contributed by atoms with Gasteiger partial charge in [-0.15, -0.1) is 0 Å². The summed E-state index contributed by atoms with van der Waals surface area (Å²) in [6, 6.07) is 6.71. The Kier molecular flexibility index (Phi) is 4.57. The number of nitrogens with one attached hydrogen (secondary N) is 1. The molecule has 0 unspecified atom stereocenters. The number of carbonyl (C=O) groups is 2. The molecule has 1 rings (SSSR count). The van der Waals surface area contributed by atoms with Crippen LogP contribution in [0.1, 0.15) is 10.4 Å². The Balaban J connectivity index is 2.56. The van der Waals surface area contributed by atoms with Gasteiger partial charge in [0.2, 0.25) is 0 Å². The van der Waals surface area contributed by atoms with E-state index >= 15 is 0 Å². The molecular formula is C10H8BrN3O2. The van der Waals surface area contributed by atoms with Gasteiger partial charge in [0.05, 0.1) is 6.54 Å². The van der Waals surface area contributed by atoms with Crippen LogP contribution in [0.15, 0.2) is 28.7 Å². The number of ketones is 1. The van der Waals surface area contributed by atoms with Crippen LogP contribution in [0.3, 0.4) is 0 Å². The molecule has 0 saturated heterocycles. The summed E-state index contributed by atoms with van der Waals surface area (Å²) in [6.45, 7) is -0.195. The van der Waals surface area contributed by atoms with E-state index in [4.69, 9.17) is 5.53 Å². The number of benzene rings is 1. The second kappa shape index (κ2) is 5.95. The van der Waals surface area contributed by atoms with Crippen molar-refractivity contribution in [1.82, 2.24) is 5.32 Å². The van der Waals surface area contributed by atoms with Gasteiger partial charge in [-0.1, -0.05) is 15.9 Å². The zero-order valence-electron chi connectivity index (χ0n) is 8.18. The van der Waals surface area contributed by atoms with Gasteiger partial charge in [0, 0.05) is 10.0 Å². The summed E-state index contributed by atoms with van der Waals surface area (Å²) < 4.78 is 0.868. The van der Waals surface area contributed by atoms with Crippen LogP contribution in [0.4, 0.5) is 0 Å². The van der Waals surface area contributed by atoms with Crippen molar-refractivity contribution in [2.24, 2.45) is 0 Å². The van der Waals surface area contributed by atoms with Crippen LogP contribution in [0, 0.1) is 0 Å². The summed E-state index contributed by atoms with van der Waals surface area (Å²) in [7, 11) is 0. The fraction of sp³-hybridized carbons (Fsp3) is 0.100. The van der Waals surface area contributed by atoms with Gasteiger partial charge in [-0.2, -0.15) is 4.79 Å². The third-order valence-corrected chi connectivity index (χ3v) is 2.26. The van der Waals surface area contributed by atoms with E-state index in [2.05, 4.69) is 26.0 Å². The molecule has 5 nitrogen and oxygen atoms in total. The number of hydrogen-bond donors (Lipinski definition) is 1. The van der Waals surface area contributed by atoms with Gasteiger partial charge in [0.25, 0.3) is 11.7 Å². The Hall–Kier alpha value is -1.78. The molecule has 0 aliphatic rings. The number of carbonyl (C=O) groups excluding carboxylic acids is 2. The van der Waals surface area contributed by atoms with Crippen LogP contribution < -0.4 is 5.32 Å². The van der Waals surface area contributed by atoms with E-state index in [9.17, 15) is 9.59 Å². The Morgan fingerprint density at radius 3 is 2.56 bits per heavy atom. The summed E-state index contributed by atoms with van der Waals surface area (Å²) in [5, 5.41) is 2.40. The average Bonchev–Trinajstić information content (AvgIpc) is 2.27. The van der Waals surface area contributed by atoms with Gasteiger partial charge in [-0.05, 0) is 24.3 Å². The van der Waals surface area contributed by atoms with Gasteiger partial charge in [0.1, 0.15) is 0 Å². The molecular weight excluding hydrogens is 274 g/mol. The highest BCUT2D eigenvalue weighted by Crippen LogP contribution is 2.10. The summed E-state index contributed by atoms with van der Waals surface area (Å²) in [6.07, 6.45) is 0.738. The fourth-order valence-corrected chi connectivity index (χ4v) is 1.25. The molecule has 0 aromatic heterocycles. The normalized spacial score (nSPS) is 9.06. The molecule has 0 radical (unpaired) electrons. The zero-order chi connectivity index (χ0) is 12.0. The van der Waals surface area contributed by atoms with Crippen molar-refractivity contribution in [3.63, 3.8) is 0 Å². The highest BCUT2D eigenvalue weighted by atomic mass is 79.9. The third-order valence-electron chi connectivity index (χ3n) is 1.73. The highest BCUT2D eigenvalue weighted by molar-refractivity contribution is 9.10. The summed E-state index contributed by atoms with van der Waals surface area (Å²) in [5.74, 6) is -0.833. The van der Waals surface area contributed by atoms with Gasteiger partial charge in [0.15, 0.2) is 0 Å². The largest absolute Gasteiger partial charge is 0.361 e. The molecule has 0 heterocycles. The molecule has 1 aromatic rings. The third kappa shape index (κ3) is 3.76. The lowest BCUT2D eigenvalue weighted by Crippen LogP contribution is -2.30. The number of Topliss-reactive ketones (excluding diaryl/α,β-unsaturated/α-hetero) is 1. The quantitative estimate of drug-likeness (QED) is 0.508. The second-order valence-electron chi connectivity index (χ2n) is 2.90. The molecule has 0 saturated carbocycles. The Labute approximate surface area is 100 Å². The van der Waals surface area contributed by atoms with Crippen LogP contribution in [0.5, 0.6) is 0 Å². The minimum atomic E-state index is -0.479. The first-order valence-electron chi connectivity index (χ1n) is 4.37. The smallest absolute Gasteiger partial charge is 0.325 e. The van der Waals surface area contributed by atoms with Crippen molar-refractivity contribution in [2.75, 3.05) is 6.54 Å². The Morgan fingerprint density at radius 2 is 2.00 bits per heavy atom. The minimum absolute atomic E-state index is 0.195. The second-order valence-corrected chi connectivity index (χ2v) is 3.82. The molecule has 1 aromatic carbocycles. The molecule has 0 atom stereocenters. The standard InChI is InChI=1S/C10H8BrN3O2/c11-8-3-1-7(2-4-8)10(16)13-5-9(15)6-14-12/h1-4,6H,5H2,(H,13,16). The maximum absolute atomic E-state index is 11.5. The molecule has 0 bridgehead atoms. The Morgan fingerprint density at radius 1 is 1.38 bits per heavy atom. The fourth-order valence-electron chi connectivity index (χ4n) is 0.981. The van der Waals surface area contributed by atoms with Crippen molar-refractivity contribution >= 4 is 33.8 Å². The van der Waals surface area contributed by atoms with E-state index in [1.165, 1.54) is 0 Å². The monoisotopic (exact) mass is 281 g/mol. The maximum Gasteiger partial charge on any atom is 0.325 e. The molecule has 1 amide bonds. The predicted molar refractivity (Wildman–Crippen MR) is 61.2 cm³/mol. The minimum Gasteiger partial charge on any atom is -0.361 e. The topological polar surface area (TPSA) is 82.6 Å². The predicted octanol–water partition coefficient (Wildman–Crippen LogP) is 1.05. The van der Waals surface area contributed by atoms with E-state index in [-0.39, 0.29) is 12.5 Å². The van der Waals surface area contributed by atoms with Crippen molar-refractivity contribution in [3.05, 3.63) is 39.8 Å². The van der Waals surface area contributed by atoms with Crippen molar-refractivity contribution in [2.45, 2.75) is 0 Å². The van der Waals surface area contributed by atoms with Gasteiger partial charge < -0.3 is 10.8 Å². The molecule has 6 heteroatoms. The van der Waals surface area contributed by atoms with Crippen molar-refractivity contribution < 1.29 is 14.4 Å². The number of halogens is 1. The first-order valence-corrected chi connectivity index (χ1v) is 5.17. The SMILES string of the molecule is [N-]=[N+]=CC(=O)CNC(=O)c1ccc(Br)cc1. The van der Waals surface area contributed by atoms with Crippen LogP contribution in [-0.4, -0.2) is 29.2 Å². The lowest BCUT2D eigenvalue weighted by atomic mass is 10.2. The average molecular weight is 282 g/mol.